The van der Waals surface area contributed by atoms with Gasteiger partial charge in [-0.25, -0.2) is 9.79 Å². The van der Waals surface area contributed by atoms with Crippen LogP contribution in [0.1, 0.15) is 31.0 Å². The van der Waals surface area contributed by atoms with Gasteiger partial charge >= 0.3 is 5.97 Å². The monoisotopic (exact) mass is 524 g/mol. The van der Waals surface area contributed by atoms with Gasteiger partial charge in [0.2, 0.25) is 0 Å². The molecule has 0 radical (unpaired) electrons. The molecule has 0 N–H and O–H groups in total. The molecule has 0 fully saturated rings. The van der Waals surface area contributed by atoms with Crippen molar-refractivity contribution in [2.75, 3.05) is 20.8 Å². The Morgan fingerprint density at radius 1 is 1.19 bits per heavy atom. The molecule has 0 spiro atoms. The zero-order valence-corrected chi connectivity index (χ0v) is 21.2. The minimum atomic E-state index is -0.879. The highest BCUT2D eigenvalue weighted by Gasteiger charge is 2.34. The Hall–Kier alpha value is -4.45. The first-order valence-corrected chi connectivity index (χ1v) is 11.9. The van der Waals surface area contributed by atoms with E-state index in [-0.39, 0.29) is 16.7 Å². The molecule has 0 aliphatic carbocycles. The number of hydrogen-bond acceptors (Lipinski definition) is 10. The summed E-state index contributed by atoms with van der Waals surface area (Å²) in [5.74, 6) is -0.461. The Morgan fingerprint density at radius 3 is 2.57 bits per heavy atom. The molecule has 0 saturated carbocycles. The fourth-order valence-corrected chi connectivity index (χ4v) is 5.09. The van der Waals surface area contributed by atoms with Gasteiger partial charge in [-0.2, -0.15) is 0 Å². The number of hydrogen-bond donors (Lipinski definition) is 0. The number of nitrogens with zero attached hydrogens (tertiary/aromatic N) is 3. The predicted octanol–water partition coefficient (Wildman–Crippen LogP) is 1.80. The van der Waals surface area contributed by atoms with Gasteiger partial charge in [0.15, 0.2) is 16.3 Å². The van der Waals surface area contributed by atoms with Crippen LogP contribution >= 0.6 is 11.3 Å². The lowest BCUT2D eigenvalue weighted by Gasteiger charge is -2.25. The van der Waals surface area contributed by atoms with Crippen LogP contribution in [0.5, 0.6) is 17.2 Å². The van der Waals surface area contributed by atoms with E-state index in [0.29, 0.717) is 33.1 Å². The number of carbonyl (C=O) groups is 1. The van der Waals surface area contributed by atoms with Crippen LogP contribution in [0.2, 0.25) is 0 Å². The number of ether oxygens (including phenoxy) is 3. The van der Waals surface area contributed by atoms with Gasteiger partial charge in [0, 0.05) is 6.07 Å². The molecule has 2 aromatic carbocycles. The second-order valence-electron chi connectivity index (χ2n) is 7.90. The Kier molecular flexibility index (Phi) is 7.11. The van der Waals surface area contributed by atoms with Crippen LogP contribution in [0.3, 0.4) is 0 Å². The number of carbonyl (C=O) groups excluding carboxylic acids is 1. The van der Waals surface area contributed by atoms with Crippen LogP contribution in [-0.2, 0) is 9.53 Å². The zero-order valence-electron chi connectivity index (χ0n) is 20.3. The molecule has 12 heteroatoms. The summed E-state index contributed by atoms with van der Waals surface area (Å²) in [6, 6.07) is 7.78. The van der Waals surface area contributed by atoms with Crippen LogP contribution in [0, 0.1) is 10.1 Å². The van der Waals surface area contributed by atoms with Crippen molar-refractivity contribution in [2.24, 2.45) is 4.99 Å². The topological polar surface area (TPSA) is 145 Å². The van der Waals surface area contributed by atoms with Crippen LogP contribution in [0.4, 0.5) is 5.69 Å². The van der Waals surface area contributed by atoms with Gasteiger partial charge in [0.25, 0.3) is 11.2 Å². The van der Waals surface area contributed by atoms with E-state index in [0.717, 1.165) is 23.5 Å². The third-order valence-corrected chi connectivity index (χ3v) is 6.70. The van der Waals surface area contributed by atoms with E-state index >= 15 is 0 Å². The van der Waals surface area contributed by atoms with E-state index in [2.05, 4.69) is 4.99 Å². The molecule has 192 valence electrons. The summed E-state index contributed by atoms with van der Waals surface area (Å²) in [6.07, 6.45) is 1.45. The number of rotatable bonds is 7. The second-order valence-corrected chi connectivity index (χ2v) is 8.91. The van der Waals surface area contributed by atoms with E-state index in [1.807, 2.05) is 0 Å². The highest BCUT2D eigenvalue weighted by Crippen LogP contribution is 2.36. The molecule has 3 aromatic rings. The molecule has 2 heterocycles. The van der Waals surface area contributed by atoms with Gasteiger partial charge in [0.1, 0.15) is 0 Å². The molecule has 1 aliphatic heterocycles. The first-order chi connectivity index (χ1) is 17.7. The summed E-state index contributed by atoms with van der Waals surface area (Å²) in [5, 5.41) is 23.0. The summed E-state index contributed by atoms with van der Waals surface area (Å²) in [5.41, 5.74) is 0.392. The molecule has 11 nitrogen and oxygen atoms in total. The van der Waals surface area contributed by atoms with Gasteiger partial charge in [0.05, 0.1) is 47.6 Å². The number of aromatic nitrogens is 1. The van der Waals surface area contributed by atoms with Gasteiger partial charge in [-0.15, -0.1) is 0 Å². The lowest BCUT2D eigenvalue weighted by Crippen LogP contribution is -2.40. The number of methoxy groups -OCH3 is 2. The molecule has 1 atom stereocenters. The Bertz CT molecular complexity index is 1620. The summed E-state index contributed by atoms with van der Waals surface area (Å²) in [6.45, 7) is 3.47. The maximum Gasteiger partial charge on any atom is 0.338 e. The number of esters is 1. The van der Waals surface area contributed by atoms with Gasteiger partial charge < -0.3 is 19.3 Å². The minimum absolute atomic E-state index is 0.132. The number of benzene rings is 2. The van der Waals surface area contributed by atoms with Gasteiger partial charge in [-0.05, 0) is 48.9 Å². The second kappa shape index (κ2) is 10.3. The molecule has 0 bridgehead atoms. The molecular formula is C25H22N3O8S-. The number of allylic oxidation sites excluding steroid dienone is 1. The van der Waals surface area contributed by atoms with E-state index in [1.54, 1.807) is 32.0 Å². The number of nitro groups is 1. The van der Waals surface area contributed by atoms with Crippen molar-refractivity contribution in [1.82, 2.24) is 4.57 Å². The van der Waals surface area contributed by atoms with Crippen molar-refractivity contribution < 1.29 is 29.0 Å². The highest BCUT2D eigenvalue weighted by atomic mass is 32.1. The van der Waals surface area contributed by atoms with Crippen LogP contribution in [0.25, 0.3) is 6.08 Å². The molecule has 4 rings (SSSR count). The van der Waals surface area contributed by atoms with E-state index < -0.39 is 33.9 Å². The number of nitro benzene ring substituents is 1. The van der Waals surface area contributed by atoms with Crippen molar-refractivity contribution in [3.63, 3.8) is 0 Å². The zero-order chi connectivity index (χ0) is 26.9. The van der Waals surface area contributed by atoms with Crippen molar-refractivity contribution in [3.05, 3.63) is 88.6 Å². The molecule has 0 saturated heterocycles. The standard InChI is InChI=1S/C25H23N3O8S/c1-5-36-24(31)21-13(2)26-25-27(22(21)15-7-9-18(34-3)19(12-15)35-4)23(30)20(37-25)11-14-6-8-17(29)16(10-14)28(32)33/h6-12,22,29H,5H2,1-4H3/p-1/b20-11-/t22-/m0/s1. The largest absolute Gasteiger partial charge is 0.868 e. The van der Waals surface area contributed by atoms with Crippen LogP contribution in [0.15, 0.2) is 57.5 Å². The minimum Gasteiger partial charge on any atom is -0.868 e. The molecular weight excluding hydrogens is 502 g/mol. The van der Waals surface area contributed by atoms with Crippen molar-refractivity contribution in [2.45, 2.75) is 19.9 Å². The first-order valence-electron chi connectivity index (χ1n) is 11.1. The number of fused-ring (bicyclic) bond motifs is 1. The summed E-state index contributed by atoms with van der Waals surface area (Å²) in [4.78, 5) is 41.9. The summed E-state index contributed by atoms with van der Waals surface area (Å²) < 4.78 is 17.6. The maximum absolute atomic E-state index is 13.7. The average molecular weight is 525 g/mol. The SMILES string of the molecule is CCOC(=O)C1=C(C)N=c2s/c(=C\c3ccc([O-])c([N+](=O)[O-])c3)c(=O)n2[C@H]1c1ccc(OC)c(OC)c1. The van der Waals surface area contributed by atoms with Crippen LogP contribution < -0.4 is 29.5 Å². The smallest absolute Gasteiger partial charge is 0.338 e. The van der Waals surface area contributed by atoms with Gasteiger partial charge in [-0.1, -0.05) is 29.5 Å². The third-order valence-electron chi connectivity index (χ3n) is 5.72. The van der Waals surface area contributed by atoms with Crippen LogP contribution in [-0.4, -0.2) is 36.3 Å². The molecule has 0 amide bonds. The third kappa shape index (κ3) is 4.70. The molecule has 0 unspecified atom stereocenters. The normalized spacial score (nSPS) is 15.1. The molecule has 1 aliphatic rings. The maximum atomic E-state index is 13.7. The van der Waals surface area contributed by atoms with Crippen molar-refractivity contribution in [1.29, 1.82) is 0 Å². The van der Waals surface area contributed by atoms with E-state index in [4.69, 9.17) is 14.2 Å². The van der Waals surface area contributed by atoms with E-state index in [1.165, 1.54) is 30.9 Å². The summed E-state index contributed by atoms with van der Waals surface area (Å²) in [7, 11) is 2.98. The van der Waals surface area contributed by atoms with Gasteiger partial charge in [-0.3, -0.25) is 19.5 Å². The van der Waals surface area contributed by atoms with Crippen molar-refractivity contribution in [3.8, 4) is 17.2 Å². The fourth-order valence-electron chi connectivity index (χ4n) is 4.05. The Morgan fingerprint density at radius 2 is 1.92 bits per heavy atom. The lowest BCUT2D eigenvalue weighted by molar-refractivity contribution is -0.398. The summed E-state index contributed by atoms with van der Waals surface area (Å²) >= 11 is 1.06. The molecule has 1 aromatic heterocycles. The Balaban J connectivity index is 1.96. The first kappa shape index (κ1) is 25.6. The highest BCUT2D eigenvalue weighted by molar-refractivity contribution is 7.07. The quantitative estimate of drug-likeness (QED) is 0.258. The fraction of sp³-hybridized carbons (Fsp3) is 0.240. The van der Waals surface area contributed by atoms with E-state index in [9.17, 15) is 24.8 Å². The number of thiazole rings is 1. The predicted molar refractivity (Wildman–Crippen MR) is 132 cm³/mol. The lowest BCUT2D eigenvalue weighted by atomic mass is 9.95. The average Bonchev–Trinajstić information content (AvgIpc) is 3.17. The Labute approximate surface area is 214 Å². The van der Waals surface area contributed by atoms with Crippen molar-refractivity contribution >= 4 is 29.1 Å². The molecule has 37 heavy (non-hydrogen) atoms.